The van der Waals surface area contributed by atoms with Crippen molar-refractivity contribution in [1.82, 2.24) is 0 Å². The number of carbonyl (C=O) groups excluding carboxylic acids is 6. The van der Waals surface area contributed by atoms with Gasteiger partial charge in [0, 0.05) is 72.1 Å². The molecule has 772 valence electrons. The molecule has 27 heteroatoms. The Morgan fingerprint density at radius 1 is 0.262 bits per heavy atom. The van der Waals surface area contributed by atoms with Crippen molar-refractivity contribution in [3.05, 3.63) is 345 Å². The second-order valence-electron chi connectivity index (χ2n) is 34.6. The van der Waals surface area contributed by atoms with Crippen LogP contribution in [0.25, 0.3) is 0 Å². The summed E-state index contributed by atoms with van der Waals surface area (Å²) in [5, 5.41) is 9.50. The summed E-state index contributed by atoms with van der Waals surface area (Å²) in [4.78, 5) is 69.7. The number of carbonyl (C=O) groups is 6. The number of thiol groups is 1. The zero-order valence-electron chi connectivity index (χ0n) is 86.5. The third kappa shape index (κ3) is 34.6. The summed E-state index contributed by atoms with van der Waals surface area (Å²) in [5.41, 5.74) is 19.6. The summed E-state index contributed by atoms with van der Waals surface area (Å²) in [7, 11) is 0. The number of hydrogen-bond acceptors (Lipinski definition) is 21. The Labute approximate surface area is 852 Å². The van der Waals surface area contributed by atoms with Gasteiger partial charge in [-0.1, -0.05) is 115 Å². The summed E-state index contributed by atoms with van der Waals surface area (Å²) >= 11 is 4.30. The van der Waals surface area contributed by atoms with E-state index in [-0.39, 0.29) is 147 Å². The number of benzene rings is 12. The van der Waals surface area contributed by atoms with Gasteiger partial charge in [0.05, 0.1) is 18.8 Å². The second kappa shape index (κ2) is 57.4. The highest BCUT2D eigenvalue weighted by Crippen LogP contribution is 2.45. The molecule has 1 N–H and O–H groups in total. The number of rotatable bonds is 36. The van der Waals surface area contributed by atoms with Crippen LogP contribution < -0.4 is 61.6 Å². The Kier molecular flexibility index (Phi) is 46.0. The van der Waals surface area contributed by atoms with Crippen LogP contribution in [0.1, 0.15) is 241 Å². The van der Waals surface area contributed by atoms with Gasteiger partial charge >= 0.3 is 35.8 Å². The van der Waals surface area contributed by atoms with E-state index >= 15 is 0 Å². The molecule has 1 saturated carbocycles. The molecule has 0 bridgehead atoms. The predicted octanol–water partition coefficient (Wildman–Crippen LogP) is 28.1. The summed E-state index contributed by atoms with van der Waals surface area (Å²) in [6, 6.07) is 51.0. The van der Waals surface area contributed by atoms with E-state index in [1.807, 2.05) is 146 Å². The number of esters is 6. The molecule has 0 spiro atoms. The zero-order chi connectivity index (χ0) is 106. The maximum atomic E-state index is 14.2. The van der Waals surface area contributed by atoms with Gasteiger partial charge in [0.1, 0.15) is 79.9 Å². The molecule has 0 heterocycles. The van der Waals surface area contributed by atoms with Crippen LogP contribution in [0.3, 0.4) is 0 Å². The second-order valence-corrected chi connectivity index (χ2v) is 34.9. The van der Waals surface area contributed by atoms with E-state index < -0.39 is 23.3 Å². The summed E-state index contributed by atoms with van der Waals surface area (Å²) < 4.78 is 156. The molecular weight excluding hydrogens is 1880 g/mol. The first-order chi connectivity index (χ1) is 69.2. The lowest BCUT2D eigenvalue weighted by Crippen LogP contribution is -2.10. The zero-order valence-corrected chi connectivity index (χ0v) is 87.4. The molecule has 0 aliphatic heterocycles. The van der Waals surface area contributed by atoms with Gasteiger partial charge in [-0.05, 0) is 332 Å². The van der Waals surface area contributed by atoms with E-state index in [0.29, 0.717) is 100 Å². The van der Waals surface area contributed by atoms with Crippen LogP contribution in [0, 0.1) is 125 Å². The Morgan fingerprint density at radius 2 is 0.490 bits per heavy atom. The fourth-order valence-corrected chi connectivity index (χ4v) is 14.4. The molecule has 0 amide bonds. The van der Waals surface area contributed by atoms with Crippen molar-refractivity contribution in [2.75, 3.05) is 6.61 Å². The van der Waals surface area contributed by atoms with Crippen molar-refractivity contribution in [3.8, 4) is 74.7 Å². The number of aliphatic hydroxyl groups excluding tert-OH is 1. The predicted molar refractivity (Wildman–Crippen MR) is 551 cm³/mol. The smallest absolute Gasteiger partial charge is 0.310 e. The van der Waals surface area contributed by atoms with Gasteiger partial charge in [-0.15, -0.1) is 0 Å². The highest BCUT2D eigenvalue weighted by Gasteiger charge is 2.30. The normalized spacial score (nSPS) is 11.0. The van der Waals surface area contributed by atoms with Crippen molar-refractivity contribution < 1.29 is 122 Å². The maximum absolute atomic E-state index is 14.2. The highest BCUT2D eigenvalue weighted by molar-refractivity contribution is 7.79. The lowest BCUT2D eigenvalue weighted by atomic mass is 10.0. The molecule has 1 aliphatic carbocycles. The average Bonchev–Trinajstić information content (AvgIpc) is 1.66. The number of aryl methyl sites for hydroxylation is 14. The average molecular weight is 2020 g/mol. The van der Waals surface area contributed by atoms with Gasteiger partial charge in [-0.25, -0.2) is 26.3 Å². The first kappa shape index (κ1) is 116. The molecule has 0 atom stereocenters. The van der Waals surface area contributed by atoms with E-state index in [1.165, 1.54) is 36.4 Å². The molecule has 12 aromatic carbocycles. The molecule has 0 unspecified atom stereocenters. The number of hydrogen-bond donors (Lipinski definition) is 2. The minimum absolute atomic E-state index is 0.0114. The molecule has 13 rings (SSSR count). The van der Waals surface area contributed by atoms with Crippen LogP contribution >= 0.6 is 12.6 Å². The van der Waals surface area contributed by atoms with Crippen molar-refractivity contribution in [2.24, 2.45) is 0 Å². The molecular formula is C118H132F6O20S. The molecule has 0 saturated heterocycles. The standard InChI is InChI=1S/C21H23FO3.C20H23FO4.C20H23FO3.C19H21FO4.C19H21FO3S.C19H21FO3/c1-4-21(23)25-19-7-5-6-16(15-8-9-15)17(19)12-24-20-11-14(3)13(2)10-18(20)22;1-5-20(22)25-18-9-7-8-17(23-6-2)15(18)12-24-19-11-14(4)13(3)10-16(19)21;1-5-15-8-7-9-18(24-20(22)6-2)16(15)12-23-19-11-14(4)13(3)10-17(19)21;1-4-19(22)24-17-7-5-6-14(10-21)15(17)11-23-18-9-13(3)12(2)8-16(18)20;1-4-19(21)23-17-7-5-6-14(11-24)15(17)10-22-18-9-13(3)12(2)8-16(18)20;1-5-19(21)23-17-8-6-7-12(2)15(17)11-22-18-10-14(4)13(3)9-16(18)20/h5-7,10-11,15H,4,8-9,12H2,1-3H3;7-11H,5-6,12H2,1-4H3;7-11H,5-6,12H2,1-4H3;5-9,21H,4,10-11H2,1-3H3;5-9,24H,4,10-11H2,1-3H3;6-10H,5,11H2,1-4H3. The molecule has 12 aromatic rings. The molecule has 0 aromatic heterocycles. The summed E-state index contributed by atoms with van der Waals surface area (Å²) in [6.07, 6.45) is 4.66. The van der Waals surface area contributed by atoms with Gasteiger partial charge in [-0.2, -0.15) is 12.6 Å². The van der Waals surface area contributed by atoms with Gasteiger partial charge < -0.3 is 66.7 Å². The monoisotopic (exact) mass is 2010 g/mol. The minimum atomic E-state index is -0.452. The minimum Gasteiger partial charge on any atom is -0.493 e. The van der Waals surface area contributed by atoms with E-state index in [4.69, 9.17) is 61.6 Å². The van der Waals surface area contributed by atoms with Crippen LogP contribution in [0.5, 0.6) is 74.7 Å². The third-order valence-corrected chi connectivity index (χ3v) is 24.3. The van der Waals surface area contributed by atoms with E-state index in [2.05, 4.69) is 12.6 Å². The Balaban J connectivity index is 0.000000212. The van der Waals surface area contributed by atoms with E-state index in [9.17, 15) is 60.2 Å². The molecule has 0 radical (unpaired) electrons. The van der Waals surface area contributed by atoms with Crippen LogP contribution in [-0.2, 0) is 87.2 Å². The third-order valence-electron chi connectivity index (χ3n) is 24.0. The van der Waals surface area contributed by atoms with Crippen LogP contribution in [-0.4, -0.2) is 47.5 Å². The quantitative estimate of drug-likeness (QED) is 0.0160. The van der Waals surface area contributed by atoms with Gasteiger partial charge in [0.2, 0.25) is 0 Å². The van der Waals surface area contributed by atoms with Crippen molar-refractivity contribution in [3.63, 3.8) is 0 Å². The van der Waals surface area contributed by atoms with Gasteiger partial charge in [-0.3, -0.25) is 28.8 Å². The molecule has 1 aliphatic rings. The van der Waals surface area contributed by atoms with Crippen LogP contribution in [0.2, 0.25) is 0 Å². The van der Waals surface area contributed by atoms with Gasteiger partial charge in [0.25, 0.3) is 0 Å². The molecule has 145 heavy (non-hydrogen) atoms. The molecule has 20 nitrogen and oxygen atoms in total. The number of halogens is 6. The van der Waals surface area contributed by atoms with Crippen molar-refractivity contribution in [2.45, 2.75) is 261 Å². The van der Waals surface area contributed by atoms with E-state index in [1.54, 1.807) is 145 Å². The van der Waals surface area contributed by atoms with E-state index in [0.717, 1.165) is 125 Å². The maximum Gasteiger partial charge on any atom is 0.310 e. The Hall–Kier alpha value is -14.1. The Bertz CT molecular complexity index is 6190. The van der Waals surface area contributed by atoms with Crippen LogP contribution in [0.4, 0.5) is 26.3 Å². The topological polar surface area (TPSA) is 243 Å². The largest absolute Gasteiger partial charge is 0.493 e. The van der Waals surface area contributed by atoms with Gasteiger partial charge in [0.15, 0.2) is 69.4 Å². The van der Waals surface area contributed by atoms with Crippen molar-refractivity contribution in [1.29, 1.82) is 0 Å². The number of ether oxygens (including phenoxy) is 13. The Morgan fingerprint density at radius 3 is 0.779 bits per heavy atom. The SMILES string of the molecule is CCC(=O)Oc1cccc(C)c1COc1cc(C)c(C)cc1F.CCC(=O)Oc1cccc(C2CC2)c1COc1cc(C)c(C)cc1F.CCC(=O)Oc1cccc(CC)c1COc1cc(C)c(C)cc1F.CCC(=O)Oc1cccc(CO)c1COc1cc(C)c(C)cc1F.CCC(=O)Oc1cccc(CS)c1COc1cc(C)c(C)cc1F.CCOc1cccc(OC(=O)CC)c1COc1cc(C)c(C)cc1F. The number of aliphatic hydroxyl groups is 1. The first-order valence-electron chi connectivity index (χ1n) is 48.3. The summed E-state index contributed by atoms with van der Waals surface area (Å²) in [6.45, 7) is 39.5. The fourth-order valence-electron chi connectivity index (χ4n) is 14.1. The lowest BCUT2D eigenvalue weighted by molar-refractivity contribution is -0.135. The van der Waals surface area contributed by atoms with Crippen LogP contribution in [0.15, 0.2) is 182 Å². The fraction of sp³-hybridized carbons (Fsp3) is 0.339. The summed E-state index contributed by atoms with van der Waals surface area (Å²) in [5.74, 6) is 0.717. The highest BCUT2D eigenvalue weighted by atomic mass is 32.1. The van der Waals surface area contributed by atoms with Crippen molar-refractivity contribution >= 4 is 48.4 Å². The first-order valence-corrected chi connectivity index (χ1v) is 49.0. The molecule has 1 fully saturated rings. The lowest BCUT2D eigenvalue weighted by Gasteiger charge is -2.16.